The molecule has 2 aliphatic carbocycles. The number of aliphatic hydroxyl groups is 1. The molecule has 0 aliphatic heterocycles. The molecule has 1 N–H and O–H groups in total. The number of nitrogens with zero attached hydrogens (tertiary/aromatic N) is 6. The third kappa shape index (κ3) is 4.17. The summed E-state index contributed by atoms with van der Waals surface area (Å²) in [5, 5.41) is 23.5. The van der Waals surface area contributed by atoms with E-state index in [9.17, 15) is 5.11 Å². The third-order valence-electron chi connectivity index (χ3n) is 6.63. The zero-order chi connectivity index (χ0) is 20.3. The summed E-state index contributed by atoms with van der Waals surface area (Å²) in [7, 11) is 0. The average molecular weight is 407 g/mol. The lowest BCUT2D eigenvalue weighted by molar-refractivity contribution is 0.121. The van der Waals surface area contributed by atoms with Crippen molar-refractivity contribution in [2.75, 3.05) is 0 Å². The van der Waals surface area contributed by atoms with Crippen molar-refractivity contribution in [1.29, 1.82) is 0 Å². The van der Waals surface area contributed by atoms with Crippen molar-refractivity contribution >= 4 is 0 Å². The normalized spacial score (nSPS) is 23.0. The molecule has 7 nitrogen and oxygen atoms in total. The molecule has 3 aromatic rings. The van der Waals surface area contributed by atoms with Gasteiger partial charge >= 0.3 is 0 Å². The van der Waals surface area contributed by atoms with Crippen LogP contribution in [0.4, 0.5) is 0 Å². The number of rotatable bonds is 5. The number of aromatic nitrogens is 6. The Morgan fingerprint density at radius 2 is 1.70 bits per heavy atom. The van der Waals surface area contributed by atoms with Gasteiger partial charge in [-0.15, -0.1) is 10.2 Å². The zero-order valence-corrected chi connectivity index (χ0v) is 17.4. The highest BCUT2D eigenvalue weighted by Crippen LogP contribution is 2.34. The Balaban J connectivity index is 1.43. The van der Waals surface area contributed by atoms with Crippen LogP contribution in [0.1, 0.15) is 69.5 Å². The van der Waals surface area contributed by atoms with E-state index in [2.05, 4.69) is 22.4 Å². The molecule has 7 heteroatoms. The second-order valence-corrected chi connectivity index (χ2v) is 8.88. The van der Waals surface area contributed by atoms with Crippen molar-refractivity contribution in [1.82, 2.24) is 29.8 Å². The molecule has 0 unspecified atom stereocenters. The molecule has 2 saturated carbocycles. The van der Waals surface area contributed by atoms with Crippen LogP contribution in [0.3, 0.4) is 0 Å². The fourth-order valence-corrected chi connectivity index (χ4v) is 4.91. The molecule has 2 fully saturated rings. The Bertz CT molecular complexity index is 951. The molecule has 30 heavy (non-hydrogen) atoms. The molecule has 2 heterocycles. The van der Waals surface area contributed by atoms with Crippen molar-refractivity contribution in [3.63, 3.8) is 0 Å². The summed E-state index contributed by atoms with van der Waals surface area (Å²) in [6, 6.07) is 10.2. The third-order valence-corrected chi connectivity index (χ3v) is 6.63. The molecule has 0 bridgehead atoms. The van der Waals surface area contributed by atoms with Gasteiger partial charge in [-0.05, 0) is 56.6 Å². The van der Waals surface area contributed by atoms with Crippen LogP contribution in [0, 0.1) is 5.92 Å². The van der Waals surface area contributed by atoms with Gasteiger partial charge in [-0.1, -0.05) is 42.7 Å². The van der Waals surface area contributed by atoms with Crippen LogP contribution < -0.4 is 0 Å². The second kappa shape index (κ2) is 8.68. The molecular weight excluding hydrogens is 376 g/mol. The van der Waals surface area contributed by atoms with Crippen molar-refractivity contribution in [3.8, 4) is 17.2 Å². The topological polar surface area (TPSA) is 81.7 Å². The van der Waals surface area contributed by atoms with Gasteiger partial charge in [0.05, 0.1) is 18.0 Å². The first-order valence-electron chi connectivity index (χ1n) is 11.4. The van der Waals surface area contributed by atoms with E-state index >= 15 is 0 Å². The van der Waals surface area contributed by atoms with E-state index in [1.54, 1.807) is 0 Å². The number of aliphatic hydroxyl groups excluding tert-OH is 1. The van der Waals surface area contributed by atoms with E-state index in [0.717, 1.165) is 49.4 Å². The average Bonchev–Trinajstić information content (AvgIpc) is 3.43. The van der Waals surface area contributed by atoms with Crippen LogP contribution in [-0.4, -0.2) is 41.0 Å². The molecule has 0 atom stereocenters. The van der Waals surface area contributed by atoms with E-state index in [4.69, 9.17) is 10.1 Å². The van der Waals surface area contributed by atoms with Crippen molar-refractivity contribution in [2.45, 2.75) is 76.4 Å². The van der Waals surface area contributed by atoms with E-state index in [0.29, 0.717) is 17.7 Å². The predicted octanol–water partition coefficient (Wildman–Crippen LogP) is 4.12. The Kier molecular flexibility index (Phi) is 5.62. The van der Waals surface area contributed by atoms with Gasteiger partial charge in [-0.25, -0.2) is 9.67 Å². The van der Waals surface area contributed by atoms with Crippen molar-refractivity contribution in [3.05, 3.63) is 42.4 Å². The van der Waals surface area contributed by atoms with Crippen LogP contribution in [-0.2, 0) is 6.54 Å². The van der Waals surface area contributed by atoms with Crippen molar-refractivity contribution < 1.29 is 5.11 Å². The zero-order valence-electron chi connectivity index (χ0n) is 17.4. The Labute approximate surface area is 177 Å². The molecule has 2 aliphatic rings. The lowest BCUT2D eigenvalue weighted by Gasteiger charge is -2.24. The standard InChI is InChI=1S/C23H30N6O/c30-20-13-11-18(12-14-20)23-24-22(26-29(23)19-9-5-2-6-10-19)21-16-28(27-25-21)15-17-7-3-1-4-8-17/h2,5-6,9-10,16-18,20,30H,1,3-4,7-8,11-15H2. The first-order valence-corrected chi connectivity index (χ1v) is 11.4. The molecule has 158 valence electrons. The Morgan fingerprint density at radius 1 is 0.933 bits per heavy atom. The number of para-hydroxylation sites is 1. The predicted molar refractivity (Wildman–Crippen MR) is 114 cm³/mol. The first-order chi connectivity index (χ1) is 14.8. The smallest absolute Gasteiger partial charge is 0.204 e. The van der Waals surface area contributed by atoms with Crippen LogP contribution in [0.5, 0.6) is 0 Å². The van der Waals surface area contributed by atoms with E-state index in [1.165, 1.54) is 32.1 Å². The molecule has 5 rings (SSSR count). The molecule has 2 aromatic heterocycles. The van der Waals surface area contributed by atoms with Crippen LogP contribution in [0.25, 0.3) is 17.2 Å². The highest BCUT2D eigenvalue weighted by atomic mass is 16.3. The Morgan fingerprint density at radius 3 is 2.47 bits per heavy atom. The van der Waals surface area contributed by atoms with Gasteiger partial charge in [0.1, 0.15) is 5.82 Å². The maximum Gasteiger partial charge on any atom is 0.204 e. The minimum Gasteiger partial charge on any atom is -0.393 e. The summed E-state index contributed by atoms with van der Waals surface area (Å²) in [5.41, 5.74) is 1.74. The monoisotopic (exact) mass is 406 g/mol. The molecular formula is C23H30N6O. The van der Waals surface area contributed by atoms with Gasteiger partial charge in [0, 0.05) is 12.5 Å². The summed E-state index contributed by atoms with van der Waals surface area (Å²) < 4.78 is 3.92. The van der Waals surface area contributed by atoms with Crippen LogP contribution >= 0.6 is 0 Å². The lowest BCUT2D eigenvalue weighted by atomic mass is 9.87. The SMILES string of the molecule is OC1CCC(c2nc(-c3cn(CC4CCCCC4)nn3)nn2-c2ccccc2)CC1. The fourth-order valence-electron chi connectivity index (χ4n) is 4.91. The van der Waals surface area contributed by atoms with Gasteiger partial charge in [0.2, 0.25) is 5.82 Å². The summed E-state index contributed by atoms with van der Waals surface area (Å²) in [5.74, 6) is 2.60. The van der Waals surface area contributed by atoms with E-state index in [-0.39, 0.29) is 6.10 Å². The summed E-state index contributed by atoms with van der Waals surface area (Å²) in [6.45, 7) is 0.930. The van der Waals surface area contributed by atoms with Crippen LogP contribution in [0.15, 0.2) is 36.5 Å². The van der Waals surface area contributed by atoms with Gasteiger partial charge in [0.25, 0.3) is 0 Å². The largest absolute Gasteiger partial charge is 0.393 e. The van der Waals surface area contributed by atoms with Gasteiger partial charge in [-0.3, -0.25) is 4.68 Å². The fraction of sp³-hybridized carbons (Fsp3) is 0.565. The Hall–Kier alpha value is -2.54. The number of hydrogen-bond donors (Lipinski definition) is 1. The maximum absolute atomic E-state index is 9.92. The molecule has 0 saturated heterocycles. The van der Waals surface area contributed by atoms with E-state index in [1.807, 2.05) is 33.8 Å². The summed E-state index contributed by atoms with van der Waals surface area (Å²) >= 11 is 0. The van der Waals surface area contributed by atoms with Gasteiger partial charge < -0.3 is 5.11 Å². The van der Waals surface area contributed by atoms with Crippen LogP contribution in [0.2, 0.25) is 0 Å². The molecule has 0 radical (unpaired) electrons. The summed E-state index contributed by atoms with van der Waals surface area (Å²) in [6.07, 6.45) is 11.9. The minimum absolute atomic E-state index is 0.187. The maximum atomic E-state index is 9.92. The number of benzene rings is 1. The summed E-state index contributed by atoms with van der Waals surface area (Å²) in [4.78, 5) is 4.92. The molecule has 0 amide bonds. The first kappa shape index (κ1) is 19.4. The lowest BCUT2D eigenvalue weighted by Crippen LogP contribution is -2.19. The number of hydrogen-bond acceptors (Lipinski definition) is 5. The molecule has 1 aromatic carbocycles. The van der Waals surface area contributed by atoms with Gasteiger partial charge in [-0.2, -0.15) is 0 Å². The second-order valence-electron chi connectivity index (χ2n) is 8.88. The molecule has 0 spiro atoms. The quantitative estimate of drug-likeness (QED) is 0.689. The van der Waals surface area contributed by atoms with Gasteiger partial charge in [0.15, 0.2) is 5.69 Å². The van der Waals surface area contributed by atoms with Crippen molar-refractivity contribution in [2.24, 2.45) is 5.92 Å². The highest BCUT2D eigenvalue weighted by molar-refractivity contribution is 5.47. The highest BCUT2D eigenvalue weighted by Gasteiger charge is 2.27. The van der Waals surface area contributed by atoms with E-state index < -0.39 is 0 Å². The minimum atomic E-state index is -0.187.